The third-order valence-corrected chi connectivity index (χ3v) is 5.84. The van der Waals surface area contributed by atoms with Crippen molar-refractivity contribution >= 4 is 47.0 Å². The second-order valence-corrected chi connectivity index (χ2v) is 8.10. The van der Waals surface area contributed by atoms with Crippen LogP contribution < -0.4 is 20.1 Å². The van der Waals surface area contributed by atoms with E-state index in [2.05, 4.69) is 27.9 Å². The molecule has 0 saturated carbocycles. The monoisotopic (exact) mass is 568 g/mol. The highest BCUT2D eigenvalue weighted by atomic mass is 127. The Morgan fingerprint density at radius 1 is 1.16 bits per heavy atom. The van der Waals surface area contributed by atoms with Gasteiger partial charge in [-0.15, -0.1) is 35.3 Å². The Kier molecular flexibility index (Phi) is 9.66. The number of anilines is 1. The summed E-state index contributed by atoms with van der Waals surface area (Å²) in [6.45, 7) is 4.82. The number of rotatable bonds is 8. The fourth-order valence-electron chi connectivity index (χ4n) is 3.19. The zero-order valence-corrected chi connectivity index (χ0v) is 21.3. The number of hydrogen-bond acceptors (Lipinski definition) is 6. The first-order chi connectivity index (χ1) is 15.3. The van der Waals surface area contributed by atoms with Gasteiger partial charge in [-0.05, 0) is 30.7 Å². The lowest BCUT2D eigenvalue weighted by molar-refractivity contribution is 0.297. The van der Waals surface area contributed by atoms with E-state index in [1.165, 1.54) is 5.01 Å². The number of aryl methyl sites for hydroxylation is 1. The standard InChI is InChI=1S/C23H28N4O3S.HI/c1-2-22-26-18(16-31-22)8-10-24-23(25-11-9-19-5-3-12-28-19)27-17-6-7-20-21(15-17)30-14-4-13-29-20;/h3,5-7,12,15-16H,2,4,8-11,13-14H2,1H3,(H2,24,25,27);1H. The maximum atomic E-state index is 5.81. The van der Waals surface area contributed by atoms with Gasteiger partial charge >= 0.3 is 0 Å². The van der Waals surface area contributed by atoms with Crippen molar-refractivity contribution in [3.63, 3.8) is 0 Å². The van der Waals surface area contributed by atoms with Crippen molar-refractivity contribution in [1.82, 2.24) is 10.3 Å². The molecule has 0 aliphatic carbocycles. The van der Waals surface area contributed by atoms with Crippen molar-refractivity contribution in [3.05, 3.63) is 58.4 Å². The molecule has 0 fully saturated rings. The van der Waals surface area contributed by atoms with Crippen molar-refractivity contribution in [2.24, 2.45) is 4.99 Å². The van der Waals surface area contributed by atoms with Crippen LogP contribution in [0.25, 0.3) is 0 Å². The second-order valence-electron chi connectivity index (χ2n) is 7.16. The summed E-state index contributed by atoms with van der Waals surface area (Å²) < 4.78 is 16.9. The summed E-state index contributed by atoms with van der Waals surface area (Å²) in [5.74, 6) is 3.18. The molecule has 2 N–H and O–H groups in total. The lowest BCUT2D eigenvalue weighted by Crippen LogP contribution is -2.32. The lowest BCUT2D eigenvalue weighted by Gasteiger charge is -2.14. The molecular formula is C23H29IN4O3S. The third kappa shape index (κ3) is 7.13. The fraction of sp³-hybridized carbons (Fsp3) is 0.391. The number of aliphatic imine (C=N–C) groups is 1. The summed E-state index contributed by atoms with van der Waals surface area (Å²) in [6, 6.07) is 9.73. The number of nitrogens with one attached hydrogen (secondary N) is 2. The normalized spacial score (nSPS) is 13.2. The summed E-state index contributed by atoms with van der Waals surface area (Å²) in [4.78, 5) is 9.36. The molecule has 4 rings (SSSR count). The van der Waals surface area contributed by atoms with E-state index in [0.717, 1.165) is 60.9 Å². The SMILES string of the molecule is CCc1nc(CCNC(=NCCc2ccco2)Nc2ccc3c(c2)OCCCO3)cs1.I. The Morgan fingerprint density at radius 2 is 2.03 bits per heavy atom. The van der Waals surface area contributed by atoms with E-state index in [1.807, 2.05) is 30.3 Å². The van der Waals surface area contributed by atoms with Crippen LogP contribution in [0.1, 0.15) is 29.8 Å². The van der Waals surface area contributed by atoms with Gasteiger partial charge in [-0.25, -0.2) is 4.98 Å². The number of guanidine groups is 1. The molecule has 0 radical (unpaired) electrons. The number of aromatic nitrogens is 1. The van der Waals surface area contributed by atoms with Crippen molar-refractivity contribution < 1.29 is 13.9 Å². The molecule has 3 aromatic rings. The smallest absolute Gasteiger partial charge is 0.195 e. The van der Waals surface area contributed by atoms with Crippen molar-refractivity contribution in [2.75, 3.05) is 31.6 Å². The summed E-state index contributed by atoms with van der Waals surface area (Å²) in [6.07, 6.45) is 5.13. The largest absolute Gasteiger partial charge is 0.490 e. The van der Waals surface area contributed by atoms with E-state index in [9.17, 15) is 0 Å². The number of ether oxygens (including phenoxy) is 2. The minimum atomic E-state index is 0. The van der Waals surface area contributed by atoms with E-state index in [0.29, 0.717) is 25.7 Å². The molecule has 0 spiro atoms. The average Bonchev–Trinajstić information content (AvgIpc) is 3.41. The van der Waals surface area contributed by atoms with E-state index in [-0.39, 0.29) is 24.0 Å². The number of benzene rings is 1. The zero-order chi connectivity index (χ0) is 21.3. The van der Waals surface area contributed by atoms with Crippen molar-refractivity contribution in [1.29, 1.82) is 0 Å². The Balaban J connectivity index is 0.00000289. The van der Waals surface area contributed by atoms with Crippen LogP contribution in [0, 0.1) is 0 Å². The Labute approximate surface area is 209 Å². The number of thiazole rings is 1. The van der Waals surface area contributed by atoms with Crippen LogP contribution in [0.5, 0.6) is 11.5 Å². The molecule has 172 valence electrons. The van der Waals surface area contributed by atoms with Gasteiger partial charge in [0.25, 0.3) is 0 Å². The van der Waals surface area contributed by atoms with Crippen LogP contribution in [-0.2, 0) is 19.3 Å². The maximum absolute atomic E-state index is 5.81. The molecular weight excluding hydrogens is 539 g/mol. The molecule has 0 amide bonds. The summed E-state index contributed by atoms with van der Waals surface area (Å²) >= 11 is 1.72. The minimum absolute atomic E-state index is 0. The van der Waals surface area contributed by atoms with Gasteiger partial charge in [0.2, 0.25) is 0 Å². The van der Waals surface area contributed by atoms with Crippen LogP contribution in [0.2, 0.25) is 0 Å². The van der Waals surface area contributed by atoms with Crippen molar-refractivity contribution in [3.8, 4) is 11.5 Å². The molecule has 9 heteroatoms. The molecule has 0 unspecified atom stereocenters. The molecule has 1 aliphatic rings. The van der Waals surface area contributed by atoms with Crippen LogP contribution >= 0.6 is 35.3 Å². The Morgan fingerprint density at radius 3 is 2.81 bits per heavy atom. The zero-order valence-electron chi connectivity index (χ0n) is 18.1. The third-order valence-electron chi connectivity index (χ3n) is 4.79. The van der Waals surface area contributed by atoms with Gasteiger partial charge in [0.05, 0.1) is 30.2 Å². The topological polar surface area (TPSA) is 80.9 Å². The highest BCUT2D eigenvalue weighted by molar-refractivity contribution is 14.0. The number of fused-ring (bicyclic) bond motifs is 1. The maximum Gasteiger partial charge on any atom is 0.195 e. The number of hydrogen-bond donors (Lipinski definition) is 2. The second kappa shape index (κ2) is 12.7. The molecule has 2 aromatic heterocycles. The minimum Gasteiger partial charge on any atom is -0.490 e. The van der Waals surface area contributed by atoms with Gasteiger partial charge < -0.3 is 24.5 Å². The Bertz CT molecular complexity index is 991. The van der Waals surface area contributed by atoms with Crippen molar-refractivity contribution in [2.45, 2.75) is 32.6 Å². The number of furan rings is 1. The average molecular weight is 568 g/mol. The van der Waals surface area contributed by atoms with Crippen LogP contribution in [0.4, 0.5) is 5.69 Å². The van der Waals surface area contributed by atoms with Gasteiger partial charge in [-0.2, -0.15) is 0 Å². The van der Waals surface area contributed by atoms with E-state index in [1.54, 1.807) is 17.6 Å². The molecule has 7 nitrogen and oxygen atoms in total. The predicted octanol–water partition coefficient (Wildman–Crippen LogP) is 4.92. The van der Waals surface area contributed by atoms with Crippen LogP contribution in [0.15, 0.2) is 51.4 Å². The highest BCUT2D eigenvalue weighted by Gasteiger charge is 2.11. The molecule has 0 saturated heterocycles. The quantitative estimate of drug-likeness (QED) is 0.228. The van der Waals surface area contributed by atoms with E-state index in [4.69, 9.17) is 18.9 Å². The van der Waals surface area contributed by atoms with Gasteiger partial charge in [-0.3, -0.25) is 4.99 Å². The highest BCUT2D eigenvalue weighted by Crippen LogP contribution is 2.32. The fourth-order valence-corrected chi connectivity index (χ4v) is 3.96. The molecule has 0 bridgehead atoms. The Hall–Kier alpha value is -2.27. The van der Waals surface area contributed by atoms with Gasteiger partial charge in [0.15, 0.2) is 17.5 Å². The van der Waals surface area contributed by atoms with Gasteiger partial charge in [0, 0.05) is 49.5 Å². The molecule has 1 aromatic carbocycles. The van der Waals surface area contributed by atoms with E-state index < -0.39 is 0 Å². The first-order valence-electron chi connectivity index (χ1n) is 10.7. The first-order valence-corrected chi connectivity index (χ1v) is 11.6. The molecule has 1 aliphatic heterocycles. The van der Waals surface area contributed by atoms with E-state index >= 15 is 0 Å². The first kappa shape index (κ1) is 24.4. The van der Waals surface area contributed by atoms with Crippen LogP contribution in [-0.4, -0.2) is 37.2 Å². The molecule has 32 heavy (non-hydrogen) atoms. The molecule has 0 atom stereocenters. The molecule has 3 heterocycles. The predicted molar refractivity (Wildman–Crippen MR) is 139 cm³/mol. The summed E-state index contributed by atoms with van der Waals surface area (Å²) in [7, 11) is 0. The lowest BCUT2D eigenvalue weighted by atomic mass is 10.2. The van der Waals surface area contributed by atoms with Gasteiger partial charge in [0.1, 0.15) is 5.76 Å². The number of halogens is 1. The van der Waals surface area contributed by atoms with Crippen LogP contribution in [0.3, 0.4) is 0 Å². The summed E-state index contributed by atoms with van der Waals surface area (Å²) in [5.41, 5.74) is 2.01. The number of nitrogens with zero attached hydrogens (tertiary/aromatic N) is 2. The summed E-state index contributed by atoms with van der Waals surface area (Å²) in [5, 5.41) is 10.1. The van der Waals surface area contributed by atoms with Gasteiger partial charge in [-0.1, -0.05) is 6.92 Å².